The van der Waals surface area contributed by atoms with E-state index in [-0.39, 0.29) is 27.0 Å². The summed E-state index contributed by atoms with van der Waals surface area (Å²) in [4.78, 5) is 13.9. The number of nitrogens with one attached hydrogen (secondary N) is 1. The molecule has 3 N–H and O–H groups in total. The minimum absolute atomic E-state index is 0.120. The predicted octanol–water partition coefficient (Wildman–Crippen LogP) is 3.15. The van der Waals surface area contributed by atoms with Crippen LogP contribution in [0.1, 0.15) is 16.7 Å². The van der Waals surface area contributed by atoms with E-state index >= 15 is 0 Å². The minimum atomic E-state index is -4.62. The van der Waals surface area contributed by atoms with Gasteiger partial charge in [0.1, 0.15) is 29.1 Å². The number of rotatable bonds is 1. The third-order valence-electron chi connectivity index (χ3n) is 3.03. The summed E-state index contributed by atoms with van der Waals surface area (Å²) in [5.41, 5.74) is 2.54. The van der Waals surface area contributed by atoms with Crippen LogP contribution < -0.4 is 11.3 Å². The summed E-state index contributed by atoms with van der Waals surface area (Å²) in [7, 11) is 0. The number of nitrogens with two attached hydrogens (primary N) is 1. The van der Waals surface area contributed by atoms with Crippen LogP contribution in [-0.4, -0.2) is 4.98 Å². The molecule has 0 aliphatic carbocycles. The molecule has 9 heteroatoms. The molecule has 2 aromatic rings. The van der Waals surface area contributed by atoms with E-state index in [1.807, 2.05) is 0 Å². The minimum Gasteiger partial charge on any atom is -0.384 e. The van der Waals surface area contributed by atoms with Crippen LogP contribution in [0.5, 0.6) is 0 Å². The van der Waals surface area contributed by atoms with Gasteiger partial charge in [-0.1, -0.05) is 15.9 Å². The van der Waals surface area contributed by atoms with Crippen LogP contribution in [0.25, 0.3) is 11.1 Å². The molecule has 1 aromatic heterocycles. The summed E-state index contributed by atoms with van der Waals surface area (Å²) >= 11 is 3.07. The Balaban J connectivity index is 2.96. The van der Waals surface area contributed by atoms with Gasteiger partial charge in [0, 0.05) is 10.0 Å². The first kappa shape index (κ1) is 16.6. The maximum absolute atomic E-state index is 12.9. The standard InChI is InChI=1S/C14H6BrF3N4O/c15-10-2-1-6(14(16,17)18)3-7(10)11-8(4-19)12(21)22-13(23)9(11)5-20/h1-3H,(H3,21,22,23). The number of hydrogen-bond donors (Lipinski definition) is 2. The van der Waals surface area contributed by atoms with Crippen LogP contribution >= 0.6 is 15.9 Å². The molecule has 0 saturated heterocycles. The van der Waals surface area contributed by atoms with Crippen molar-refractivity contribution in [2.24, 2.45) is 0 Å². The maximum atomic E-state index is 12.9. The molecule has 0 aliphatic rings. The van der Waals surface area contributed by atoms with E-state index in [2.05, 4.69) is 20.9 Å². The molecular weight excluding hydrogens is 377 g/mol. The number of nitriles is 2. The number of pyridine rings is 1. The Hall–Kier alpha value is -2.78. The number of halogens is 4. The lowest BCUT2D eigenvalue weighted by atomic mass is 9.95. The highest BCUT2D eigenvalue weighted by Gasteiger charge is 2.32. The lowest BCUT2D eigenvalue weighted by molar-refractivity contribution is -0.137. The molecule has 23 heavy (non-hydrogen) atoms. The van der Waals surface area contributed by atoms with Gasteiger partial charge in [0.15, 0.2) is 0 Å². The van der Waals surface area contributed by atoms with Crippen LogP contribution in [0.4, 0.5) is 19.0 Å². The molecule has 0 saturated carbocycles. The molecule has 0 radical (unpaired) electrons. The van der Waals surface area contributed by atoms with Crippen LogP contribution in [0.3, 0.4) is 0 Å². The van der Waals surface area contributed by atoms with Crippen molar-refractivity contribution in [2.45, 2.75) is 6.18 Å². The second-order valence-electron chi connectivity index (χ2n) is 4.41. The molecule has 116 valence electrons. The number of alkyl halides is 3. The van der Waals surface area contributed by atoms with Gasteiger partial charge in [-0.05, 0) is 23.8 Å². The SMILES string of the molecule is N#Cc1c(N)[nH]c(=O)c(C#N)c1-c1cc(C(F)(F)F)ccc1Br. The predicted molar refractivity (Wildman–Crippen MR) is 79.0 cm³/mol. The summed E-state index contributed by atoms with van der Waals surface area (Å²) in [5, 5.41) is 18.3. The monoisotopic (exact) mass is 382 g/mol. The van der Waals surface area contributed by atoms with Crippen molar-refractivity contribution in [3.8, 4) is 23.3 Å². The zero-order valence-electron chi connectivity index (χ0n) is 11.1. The van der Waals surface area contributed by atoms with E-state index in [0.29, 0.717) is 0 Å². The number of aromatic nitrogens is 1. The van der Waals surface area contributed by atoms with Gasteiger partial charge in [0.2, 0.25) is 0 Å². The van der Waals surface area contributed by atoms with Crippen LogP contribution in [0.15, 0.2) is 27.5 Å². The fourth-order valence-corrected chi connectivity index (χ4v) is 2.45. The summed E-state index contributed by atoms with van der Waals surface area (Å²) < 4.78 is 38.9. The summed E-state index contributed by atoms with van der Waals surface area (Å²) in [6, 6.07) is 6.01. The fraction of sp³-hybridized carbons (Fsp3) is 0.0714. The van der Waals surface area contributed by atoms with Gasteiger partial charge in [0.05, 0.1) is 5.56 Å². The fourth-order valence-electron chi connectivity index (χ4n) is 2.01. The zero-order valence-corrected chi connectivity index (χ0v) is 12.7. The van der Waals surface area contributed by atoms with Crippen LogP contribution in [0, 0.1) is 22.7 Å². The van der Waals surface area contributed by atoms with Crippen molar-refractivity contribution >= 4 is 21.7 Å². The smallest absolute Gasteiger partial charge is 0.384 e. The number of hydrogen-bond acceptors (Lipinski definition) is 4. The van der Waals surface area contributed by atoms with Crippen molar-refractivity contribution in [1.29, 1.82) is 10.5 Å². The second-order valence-corrected chi connectivity index (χ2v) is 5.26. The quantitative estimate of drug-likeness (QED) is 0.789. The molecular formula is C14H6BrF3N4O. The van der Waals surface area contributed by atoms with Gasteiger partial charge in [-0.15, -0.1) is 0 Å². The third kappa shape index (κ3) is 2.91. The molecule has 2 rings (SSSR count). The zero-order chi connectivity index (χ0) is 17.4. The van der Waals surface area contributed by atoms with Crippen LogP contribution in [0.2, 0.25) is 0 Å². The lowest BCUT2D eigenvalue weighted by Crippen LogP contribution is -2.16. The first-order chi connectivity index (χ1) is 10.7. The average molecular weight is 383 g/mol. The molecule has 0 aliphatic heterocycles. The van der Waals surface area contributed by atoms with Gasteiger partial charge >= 0.3 is 6.18 Å². The topological polar surface area (TPSA) is 106 Å². The maximum Gasteiger partial charge on any atom is 0.416 e. The summed E-state index contributed by atoms with van der Waals surface area (Å²) in [6.45, 7) is 0. The van der Waals surface area contributed by atoms with Gasteiger partial charge in [-0.3, -0.25) is 4.79 Å². The average Bonchev–Trinajstić information content (AvgIpc) is 2.46. The lowest BCUT2D eigenvalue weighted by Gasteiger charge is -2.13. The number of aromatic amines is 1. The molecule has 5 nitrogen and oxygen atoms in total. The van der Waals surface area contributed by atoms with Crippen molar-refractivity contribution in [1.82, 2.24) is 4.98 Å². The number of anilines is 1. The van der Waals surface area contributed by atoms with Gasteiger partial charge in [-0.2, -0.15) is 23.7 Å². The van der Waals surface area contributed by atoms with Crippen molar-refractivity contribution in [3.05, 3.63) is 49.7 Å². The number of benzene rings is 1. The molecule has 1 heterocycles. The van der Waals surface area contributed by atoms with E-state index in [4.69, 9.17) is 11.0 Å². The Morgan fingerprint density at radius 1 is 1.17 bits per heavy atom. The van der Waals surface area contributed by atoms with E-state index in [0.717, 1.165) is 18.2 Å². The Bertz CT molecular complexity index is 935. The normalized spacial score (nSPS) is 10.9. The second kappa shape index (κ2) is 5.78. The highest BCUT2D eigenvalue weighted by atomic mass is 79.9. The molecule has 0 amide bonds. The summed E-state index contributed by atoms with van der Waals surface area (Å²) in [5.74, 6) is -0.323. The van der Waals surface area contributed by atoms with Gasteiger partial charge in [-0.25, -0.2) is 0 Å². The summed E-state index contributed by atoms with van der Waals surface area (Å²) in [6.07, 6.45) is -4.62. The first-order valence-electron chi connectivity index (χ1n) is 5.93. The van der Waals surface area contributed by atoms with Gasteiger partial charge < -0.3 is 10.7 Å². The Kier molecular flexibility index (Phi) is 4.17. The Morgan fingerprint density at radius 3 is 2.30 bits per heavy atom. The van der Waals surface area contributed by atoms with Crippen molar-refractivity contribution in [3.63, 3.8) is 0 Å². The number of H-pyrrole nitrogens is 1. The molecule has 0 spiro atoms. The van der Waals surface area contributed by atoms with Gasteiger partial charge in [0.25, 0.3) is 5.56 Å². The molecule has 0 bridgehead atoms. The third-order valence-corrected chi connectivity index (χ3v) is 3.72. The Labute approximate surface area is 135 Å². The van der Waals surface area contributed by atoms with Crippen molar-refractivity contribution < 1.29 is 13.2 Å². The van der Waals surface area contributed by atoms with E-state index in [9.17, 15) is 23.2 Å². The van der Waals surface area contributed by atoms with E-state index in [1.165, 1.54) is 0 Å². The molecule has 0 fully saturated rings. The van der Waals surface area contributed by atoms with Crippen LogP contribution in [-0.2, 0) is 6.18 Å². The highest BCUT2D eigenvalue weighted by Crippen LogP contribution is 2.38. The molecule has 0 atom stereocenters. The van der Waals surface area contributed by atoms with Crippen molar-refractivity contribution in [2.75, 3.05) is 5.73 Å². The Morgan fingerprint density at radius 2 is 1.78 bits per heavy atom. The van der Waals surface area contributed by atoms with E-state index < -0.39 is 22.9 Å². The molecule has 1 aromatic carbocycles. The first-order valence-corrected chi connectivity index (χ1v) is 6.73. The number of nitrogens with zero attached hydrogens (tertiary/aromatic N) is 2. The largest absolute Gasteiger partial charge is 0.416 e. The highest BCUT2D eigenvalue weighted by molar-refractivity contribution is 9.10. The van der Waals surface area contributed by atoms with E-state index in [1.54, 1.807) is 12.1 Å². The molecule has 0 unspecified atom stereocenters. The number of nitrogen functional groups attached to an aromatic ring is 1.